The van der Waals surface area contributed by atoms with Gasteiger partial charge in [-0.2, -0.15) is 4.98 Å². The smallest absolute Gasteiger partial charge is 0.224 e. The molecule has 0 aliphatic carbocycles. The minimum absolute atomic E-state index is 0.103. The molecule has 0 amide bonds. The minimum atomic E-state index is -0.319. The van der Waals surface area contributed by atoms with Crippen LogP contribution in [-0.4, -0.2) is 50.6 Å². The molecule has 2 N–H and O–H groups in total. The van der Waals surface area contributed by atoms with E-state index in [0.29, 0.717) is 23.1 Å². The number of hydrogen-bond acceptors (Lipinski definition) is 6. The third-order valence-electron chi connectivity index (χ3n) is 4.98. The number of nitrogens with zero attached hydrogens (tertiary/aromatic N) is 5. The molecule has 28 heavy (non-hydrogen) atoms. The van der Waals surface area contributed by atoms with E-state index in [1.807, 2.05) is 4.57 Å². The maximum atomic E-state index is 14.1. The summed E-state index contributed by atoms with van der Waals surface area (Å²) in [5, 5.41) is 6.41. The van der Waals surface area contributed by atoms with Crippen LogP contribution in [-0.2, 0) is 0 Å². The van der Waals surface area contributed by atoms with Gasteiger partial charge in [-0.3, -0.25) is 4.57 Å². The highest BCUT2D eigenvalue weighted by Gasteiger charge is 2.17. The second-order valence-electron chi connectivity index (χ2n) is 7.38. The molecular formula is C20H26FN7. The van der Waals surface area contributed by atoms with Gasteiger partial charge in [0.1, 0.15) is 11.3 Å². The van der Waals surface area contributed by atoms with E-state index in [1.54, 1.807) is 24.4 Å². The first-order chi connectivity index (χ1) is 13.6. The first-order valence-electron chi connectivity index (χ1n) is 9.84. The number of para-hydroxylation sites is 1. The molecule has 0 atom stereocenters. The number of imidazole rings is 1. The van der Waals surface area contributed by atoms with Crippen molar-refractivity contribution in [3.05, 3.63) is 36.3 Å². The van der Waals surface area contributed by atoms with E-state index in [1.165, 1.54) is 32.0 Å². The van der Waals surface area contributed by atoms with Crippen LogP contribution in [0.3, 0.4) is 0 Å². The minimum Gasteiger partial charge on any atom is -0.353 e. The van der Waals surface area contributed by atoms with Crippen molar-refractivity contribution in [2.24, 2.45) is 0 Å². The van der Waals surface area contributed by atoms with Crippen molar-refractivity contribution in [3.8, 4) is 0 Å². The highest BCUT2D eigenvalue weighted by atomic mass is 19.1. The molecule has 148 valence electrons. The Balaban J connectivity index is 1.57. The number of rotatable bonds is 7. The fourth-order valence-electron chi connectivity index (χ4n) is 3.57. The summed E-state index contributed by atoms with van der Waals surface area (Å²) in [5.74, 6) is 0.824. The third kappa shape index (κ3) is 3.91. The molecule has 0 unspecified atom stereocenters. The molecule has 0 bridgehead atoms. The van der Waals surface area contributed by atoms with E-state index in [-0.39, 0.29) is 11.9 Å². The Labute approximate surface area is 164 Å². The number of halogens is 1. The Hall–Kier alpha value is -2.74. The summed E-state index contributed by atoms with van der Waals surface area (Å²) in [7, 11) is 0. The Bertz CT molecular complexity index is 947. The van der Waals surface area contributed by atoms with Crippen LogP contribution in [0.15, 0.2) is 30.5 Å². The molecule has 0 spiro atoms. The average molecular weight is 383 g/mol. The Morgan fingerprint density at radius 1 is 1.14 bits per heavy atom. The maximum absolute atomic E-state index is 14.1. The molecule has 0 radical (unpaired) electrons. The van der Waals surface area contributed by atoms with Crippen LogP contribution in [0.4, 0.5) is 22.0 Å². The van der Waals surface area contributed by atoms with Crippen molar-refractivity contribution < 1.29 is 4.39 Å². The summed E-state index contributed by atoms with van der Waals surface area (Å²) < 4.78 is 16.0. The van der Waals surface area contributed by atoms with Gasteiger partial charge in [-0.15, -0.1) is 0 Å². The lowest BCUT2D eigenvalue weighted by molar-refractivity contribution is 0.352. The standard InChI is InChI=1S/C20H26FN7/c1-14(2)28-18-17(25-20(28)24-16-8-4-3-7-15(16)21)13-23-19(26-18)22-9-12-27-10-5-6-11-27/h3-4,7-8,13-14H,5-6,9-12H2,1-2H3,(H,24,25)(H,22,23,26). The second kappa shape index (κ2) is 8.10. The van der Waals surface area contributed by atoms with Crippen LogP contribution in [0.1, 0.15) is 32.7 Å². The van der Waals surface area contributed by atoms with Crippen molar-refractivity contribution in [2.45, 2.75) is 32.7 Å². The number of fused-ring (bicyclic) bond motifs is 1. The normalized spacial score (nSPS) is 14.9. The number of hydrogen-bond donors (Lipinski definition) is 2. The number of anilines is 3. The van der Waals surface area contributed by atoms with Gasteiger partial charge in [0, 0.05) is 19.1 Å². The average Bonchev–Trinajstić information content (AvgIpc) is 3.30. The molecular weight excluding hydrogens is 357 g/mol. The van der Waals surface area contributed by atoms with Crippen LogP contribution in [0.25, 0.3) is 11.2 Å². The highest BCUT2D eigenvalue weighted by Crippen LogP contribution is 2.26. The summed E-state index contributed by atoms with van der Waals surface area (Å²) in [6.07, 6.45) is 4.29. The molecule has 0 saturated carbocycles. The zero-order chi connectivity index (χ0) is 19.5. The van der Waals surface area contributed by atoms with Crippen LogP contribution in [0.2, 0.25) is 0 Å². The molecule has 1 fully saturated rings. The molecule has 1 aliphatic heterocycles. The van der Waals surface area contributed by atoms with Gasteiger partial charge in [0.25, 0.3) is 0 Å². The summed E-state index contributed by atoms with van der Waals surface area (Å²) in [6.45, 7) is 8.25. The zero-order valence-electron chi connectivity index (χ0n) is 16.3. The lowest BCUT2D eigenvalue weighted by atomic mass is 10.3. The Morgan fingerprint density at radius 3 is 2.68 bits per heavy atom. The van der Waals surface area contributed by atoms with Crippen molar-refractivity contribution in [2.75, 3.05) is 36.8 Å². The number of likely N-dealkylation sites (tertiary alicyclic amines) is 1. The van der Waals surface area contributed by atoms with Gasteiger partial charge in [0.15, 0.2) is 5.65 Å². The first kappa shape index (κ1) is 18.6. The van der Waals surface area contributed by atoms with E-state index in [0.717, 1.165) is 18.7 Å². The second-order valence-corrected chi connectivity index (χ2v) is 7.38. The topological polar surface area (TPSA) is 70.9 Å². The van der Waals surface area contributed by atoms with E-state index in [2.05, 4.69) is 44.3 Å². The molecule has 1 aliphatic rings. The molecule has 4 rings (SSSR count). The summed E-state index contributed by atoms with van der Waals surface area (Å²) in [6, 6.07) is 6.67. The highest BCUT2D eigenvalue weighted by molar-refractivity contribution is 5.76. The van der Waals surface area contributed by atoms with E-state index >= 15 is 0 Å². The van der Waals surface area contributed by atoms with Crippen LogP contribution >= 0.6 is 0 Å². The number of nitrogens with one attached hydrogen (secondary N) is 2. The SMILES string of the molecule is CC(C)n1c(Nc2ccccc2F)nc2cnc(NCCN3CCCC3)nc21. The van der Waals surface area contributed by atoms with Gasteiger partial charge in [0.2, 0.25) is 11.9 Å². The first-order valence-corrected chi connectivity index (χ1v) is 9.84. The molecule has 7 nitrogen and oxygen atoms in total. The zero-order valence-corrected chi connectivity index (χ0v) is 16.3. The molecule has 3 heterocycles. The number of benzene rings is 1. The van der Waals surface area contributed by atoms with Gasteiger partial charge in [-0.05, 0) is 51.9 Å². The lowest BCUT2D eigenvalue weighted by Gasteiger charge is -2.15. The molecule has 1 saturated heterocycles. The predicted molar refractivity (Wildman–Crippen MR) is 110 cm³/mol. The van der Waals surface area contributed by atoms with Crippen molar-refractivity contribution in [3.63, 3.8) is 0 Å². The fraction of sp³-hybridized carbons (Fsp3) is 0.450. The third-order valence-corrected chi connectivity index (χ3v) is 4.98. The van der Waals surface area contributed by atoms with Gasteiger partial charge in [-0.25, -0.2) is 14.4 Å². The van der Waals surface area contributed by atoms with Crippen LogP contribution in [0.5, 0.6) is 0 Å². The van der Waals surface area contributed by atoms with Crippen molar-refractivity contribution in [1.29, 1.82) is 0 Å². The summed E-state index contributed by atoms with van der Waals surface area (Å²) in [5.41, 5.74) is 1.79. The summed E-state index contributed by atoms with van der Waals surface area (Å²) in [4.78, 5) is 16.1. The van der Waals surface area contributed by atoms with Crippen LogP contribution < -0.4 is 10.6 Å². The van der Waals surface area contributed by atoms with Crippen LogP contribution in [0, 0.1) is 5.82 Å². The van der Waals surface area contributed by atoms with Crippen molar-refractivity contribution >= 4 is 28.7 Å². The fourth-order valence-corrected chi connectivity index (χ4v) is 3.57. The molecule has 1 aromatic carbocycles. The largest absolute Gasteiger partial charge is 0.353 e. The van der Waals surface area contributed by atoms with Gasteiger partial charge >= 0.3 is 0 Å². The molecule has 2 aromatic heterocycles. The predicted octanol–water partition coefficient (Wildman–Crippen LogP) is 3.80. The van der Waals surface area contributed by atoms with E-state index in [4.69, 9.17) is 0 Å². The van der Waals surface area contributed by atoms with Gasteiger partial charge < -0.3 is 15.5 Å². The quantitative estimate of drug-likeness (QED) is 0.647. The Morgan fingerprint density at radius 2 is 1.93 bits per heavy atom. The monoisotopic (exact) mass is 383 g/mol. The Kier molecular flexibility index (Phi) is 5.38. The molecule has 8 heteroatoms. The number of aromatic nitrogens is 4. The maximum Gasteiger partial charge on any atom is 0.224 e. The van der Waals surface area contributed by atoms with E-state index in [9.17, 15) is 4.39 Å². The lowest BCUT2D eigenvalue weighted by Crippen LogP contribution is -2.26. The van der Waals surface area contributed by atoms with E-state index < -0.39 is 0 Å². The van der Waals surface area contributed by atoms with Crippen molar-refractivity contribution in [1.82, 2.24) is 24.4 Å². The molecule has 3 aromatic rings. The van der Waals surface area contributed by atoms with Gasteiger partial charge in [-0.1, -0.05) is 12.1 Å². The van der Waals surface area contributed by atoms with Gasteiger partial charge in [0.05, 0.1) is 11.9 Å². The summed E-state index contributed by atoms with van der Waals surface area (Å²) >= 11 is 0.